The predicted octanol–water partition coefficient (Wildman–Crippen LogP) is 1.44. The van der Waals surface area contributed by atoms with Gasteiger partial charge in [-0.3, -0.25) is 15.7 Å². The lowest BCUT2D eigenvalue weighted by atomic mass is 10.1. The second-order valence-electron chi connectivity index (χ2n) is 4.15. The molecule has 0 spiro atoms. The Morgan fingerprint density at radius 3 is 3.05 bits per heavy atom. The zero-order valence-corrected chi connectivity index (χ0v) is 11.1. The van der Waals surface area contributed by atoms with Crippen molar-refractivity contribution in [2.45, 2.75) is 25.3 Å². The summed E-state index contributed by atoms with van der Waals surface area (Å²) in [6.45, 7) is -0.279. The summed E-state index contributed by atoms with van der Waals surface area (Å²) in [5.41, 5.74) is 3.58. The van der Waals surface area contributed by atoms with Crippen LogP contribution in [0.5, 0.6) is 0 Å². The van der Waals surface area contributed by atoms with E-state index in [4.69, 9.17) is 10.6 Å². The first-order chi connectivity index (χ1) is 9.19. The molecule has 0 aliphatic heterocycles. The van der Waals surface area contributed by atoms with Crippen LogP contribution in [-0.4, -0.2) is 35.1 Å². The van der Waals surface area contributed by atoms with E-state index in [-0.39, 0.29) is 12.6 Å². The Morgan fingerprint density at radius 1 is 1.53 bits per heavy atom. The van der Waals surface area contributed by atoms with Crippen LogP contribution in [-0.2, 0) is 11.2 Å². The molecule has 0 radical (unpaired) electrons. The molecule has 2 aromatic rings. The van der Waals surface area contributed by atoms with Crippen LogP contribution >= 0.6 is 11.3 Å². The van der Waals surface area contributed by atoms with Crippen LogP contribution in [0.1, 0.15) is 12.1 Å². The highest BCUT2D eigenvalue weighted by Gasteiger charge is 2.11. The van der Waals surface area contributed by atoms with E-state index in [9.17, 15) is 8.78 Å². The molecular formula is C11H16F2N4OS. The number of thiazole rings is 1. The number of rotatable bonds is 8. The molecule has 5 nitrogen and oxygen atoms in total. The minimum Gasteiger partial charge on any atom is -0.375 e. The van der Waals surface area contributed by atoms with E-state index in [1.165, 1.54) is 0 Å². The second-order valence-corrected chi connectivity index (χ2v) is 5.02. The summed E-state index contributed by atoms with van der Waals surface area (Å²) in [6.07, 6.45) is 2.66. The number of nitrogens with zero attached hydrogens (tertiary/aromatic N) is 2. The smallest absolute Gasteiger partial charge is 0.261 e. The molecule has 0 bridgehead atoms. The molecular weight excluding hydrogens is 274 g/mol. The van der Waals surface area contributed by atoms with Crippen molar-refractivity contribution in [1.82, 2.24) is 14.8 Å². The van der Waals surface area contributed by atoms with Gasteiger partial charge in [0.15, 0.2) is 4.96 Å². The van der Waals surface area contributed by atoms with E-state index in [1.54, 1.807) is 11.3 Å². The molecule has 2 aromatic heterocycles. The van der Waals surface area contributed by atoms with Gasteiger partial charge in [0.05, 0.1) is 5.69 Å². The van der Waals surface area contributed by atoms with E-state index < -0.39 is 13.0 Å². The first kappa shape index (κ1) is 14.3. The van der Waals surface area contributed by atoms with Crippen LogP contribution in [0.25, 0.3) is 4.96 Å². The van der Waals surface area contributed by atoms with Crippen LogP contribution in [0.2, 0.25) is 0 Å². The highest BCUT2D eigenvalue weighted by atomic mass is 32.1. The van der Waals surface area contributed by atoms with Crippen molar-refractivity contribution in [3.05, 3.63) is 23.5 Å². The topological polar surface area (TPSA) is 64.6 Å². The molecule has 1 atom stereocenters. The number of hydrazine groups is 1. The average molecular weight is 290 g/mol. The molecule has 2 heterocycles. The summed E-state index contributed by atoms with van der Waals surface area (Å²) in [5.74, 6) is 5.45. The van der Waals surface area contributed by atoms with Gasteiger partial charge < -0.3 is 4.74 Å². The molecule has 0 amide bonds. The van der Waals surface area contributed by atoms with Crippen molar-refractivity contribution in [3.63, 3.8) is 0 Å². The molecule has 106 valence electrons. The summed E-state index contributed by atoms with van der Waals surface area (Å²) >= 11 is 1.56. The molecule has 2 rings (SSSR count). The summed E-state index contributed by atoms with van der Waals surface area (Å²) in [5, 5.41) is 1.96. The largest absolute Gasteiger partial charge is 0.375 e. The number of alkyl halides is 2. The Kier molecular flexibility index (Phi) is 5.20. The summed E-state index contributed by atoms with van der Waals surface area (Å²) in [6, 6.07) is -0.0396. The number of ether oxygens (including phenoxy) is 1. The van der Waals surface area contributed by atoms with Gasteiger partial charge in [-0.1, -0.05) is 0 Å². The lowest BCUT2D eigenvalue weighted by molar-refractivity contribution is 0.0144. The van der Waals surface area contributed by atoms with Gasteiger partial charge in [-0.2, -0.15) is 0 Å². The van der Waals surface area contributed by atoms with Gasteiger partial charge >= 0.3 is 0 Å². The van der Waals surface area contributed by atoms with Gasteiger partial charge in [-0.05, 0) is 6.42 Å². The van der Waals surface area contributed by atoms with Crippen LogP contribution in [0.4, 0.5) is 8.78 Å². The van der Waals surface area contributed by atoms with Crippen LogP contribution in [0.3, 0.4) is 0 Å². The van der Waals surface area contributed by atoms with Crippen molar-refractivity contribution in [1.29, 1.82) is 0 Å². The van der Waals surface area contributed by atoms with Gasteiger partial charge in [0.1, 0.15) is 6.61 Å². The fraction of sp³-hybridized carbons (Fsp3) is 0.545. The Hall–Kier alpha value is -1.09. The van der Waals surface area contributed by atoms with Gasteiger partial charge in [0, 0.05) is 36.8 Å². The van der Waals surface area contributed by atoms with E-state index in [0.29, 0.717) is 12.8 Å². The number of fused-ring (bicyclic) bond motifs is 1. The van der Waals surface area contributed by atoms with E-state index in [2.05, 4.69) is 10.4 Å². The molecule has 0 fully saturated rings. The third-order valence-electron chi connectivity index (χ3n) is 2.69. The minimum atomic E-state index is -2.43. The third kappa shape index (κ3) is 4.20. The van der Waals surface area contributed by atoms with Crippen LogP contribution < -0.4 is 11.3 Å². The van der Waals surface area contributed by atoms with Crippen molar-refractivity contribution < 1.29 is 13.5 Å². The van der Waals surface area contributed by atoms with E-state index in [1.807, 2.05) is 22.2 Å². The molecule has 0 aromatic carbocycles. The average Bonchev–Trinajstić information content (AvgIpc) is 2.93. The maximum absolute atomic E-state index is 11.9. The zero-order valence-electron chi connectivity index (χ0n) is 10.3. The molecule has 0 aliphatic rings. The number of hydrogen-bond donors (Lipinski definition) is 2. The summed E-state index contributed by atoms with van der Waals surface area (Å²) in [7, 11) is 0. The van der Waals surface area contributed by atoms with E-state index >= 15 is 0 Å². The monoisotopic (exact) mass is 290 g/mol. The molecule has 0 saturated heterocycles. The van der Waals surface area contributed by atoms with Gasteiger partial charge in [0.2, 0.25) is 0 Å². The van der Waals surface area contributed by atoms with Gasteiger partial charge in [-0.25, -0.2) is 13.8 Å². The molecule has 0 saturated carbocycles. The van der Waals surface area contributed by atoms with Gasteiger partial charge in [0.25, 0.3) is 6.43 Å². The second kappa shape index (κ2) is 6.90. The lowest BCUT2D eigenvalue weighted by Crippen LogP contribution is -2.37. The highest BCUT2D eigenvalue weighted by molar-refractivity contribution is 7.15. The maximum Gasteiger partial charge on any atom is 0.261 e. The Bertz CT molecular complexity index is 473. The fourth-order valence-electron chi connectivity index (χ4n) is 1.77. The first-order valence-electron chi connectivity index (χ1n) is 5.92. The summed E-state index contributed by atoms with van der Waals surface area (Å²) in [4.78, 5) is 5.37. The third-order valence-corrected chi connectivity index (χ3v) is 3.46. The number of aromatic nitrogens is 2. The van der Waals surface area contributed by atoms with Gasteiger partial charge in [-0.15, -0.1) is 11.3 Å². The molecule has 19 heavy (non-hydrogen) atoms. The summed E-state index contributed by atoms with van der Waals surface area (Å²) < 4.78 is 30.6. The number of hydrogen-bond acceptors (Lipinski definition) is 5. The first-order valence-corrected chi connectivity index (χ1v) is 6.80. The number of nitrogens with one attached hydrogen (secondary N) is 1. The number of imidazole rings is 1. The highest BCUT2D eigenvalue weighted by Crippen LogP contribution is 2.13. The quantitative estimate of drug-likeness (QED) is 0.439. The van der Waals surface area contributed by atoms with Crippen molar-refractivity contribution >= 4 is 16.3 Å². The lowest BCUT2D eigenvalue weighted by Gasteiger charge is -2.14. The Morgan fingerprint density at radius 2 is 2.37 bits per heavy atom. The molecule has 0 aliphatic carbocycles. The minimum absolute atomic E-state index is 0.0396. The van der Waals surface area contributed by atoms with Crippen molar-refractivity contribution in [3.8, 4) is 0 Å². The maximum atomic E-state index is 11.9. The fourth-order valence-corrected chi connectivity index (χ4v) is 2.49. The molecule has 1 unspecified atom stereocenters. The number of nitrogens with two attached hydrogens (primary N) is 1. The van der Waals surface area contributed by atoms with E-state index in [0.717, 1.165) is 10.7 Å². The molecule has 8 heteroatoms. The Balaban J connectivity index is 1.80. The number of halogens is 2. The predicted molar refractivity (Wildman–Crippen MR) is 69.3 cm³/mol. The Labute approximate surface area is 113 Å². The normalized spacial score (nSPS) is 13.5. The SMILES string of the molecule is NNC(CCOCC(F)F)Cc1cn2ccsc2n1. The zero-order chi connectivity index (χ0) is 13.7. The van der Waals surface area contributed by atoms with Crippen molar-refractivity contribution in [2.24, 2.45) is 5.84 Å². The van der Waals surface area contributed by atoms with Crippen LogP contribution in [0, 0.1) is 0 Å². The standard InChI is InChI=1S/C11H16F2N4OS/c12-10(13)7-18-3-1-8(16-14)5-9-6-17-2-4-19-11(17)15-9/h2,4,6,8,10,16H,1,3,5,7,14H2. The van der Waals surface area contributed by atoms with Crippen LogP contribution in [0.15, 0.2) is 17.8 Å². The molecule has 3 N–H and O–H groups in total. The van der Waals surface area contributed by atoms with Crippen molar-refractivity contribution in [2.75, 3.05) is 13.2 Å².